The van der Waals surface area contributed by atoms with Gasteiger partial charge in [-0.15, -0.1) is 0 Å². The summed E-state index contributed by atoms with van der Waals surface area (Å²) in [5.74, 6) is -1.30. The standard InChI is InChI=1S/C14H18F2N2O2/c1-9-7-18(8-10(2)20-9)14(19)17-6-11-3-12(15)5-13(16)4-11/h3-5,9-10H,6-8H2,1-2H3,(H,17,19)/t9-,10-/m1/s1. The van der Waals surface area contributed by atoms with Crippen LogP contribution in [0.5, 0.6) is 0 Å². The molecule has 0 saturated carbocycles. The molecule has 0 aromatic heterocycles. The van der Waals surface area contributed by atoms with E-state index in [1.54, 1.807) is 4.90 Å². The molecule has 1 heterocycles. The highest BCUT2D eigenvalue weighted by atomic mass is 19.1. The molecule has 1 aliphatic rings. The van der Waals surface area contributed by atoms with Gasteiger partial charge in [0.25, 0.3) is 0 Å². The first-order chi connectivity index (χ1) is 9.44. The fraction of sp³-hybridized carbons (Fsp3) is 0.500. The van der Waals surface area contributed by atoms with Gasteiger partial charge in [0.05, 0.1) is 12.2 Å². The molecular formula is C14H18F2N2O2. The average Bonchev–Trinajstić information content (AvgIpc) is 2.33. The number of carbonyl (C=O) groups excluding carboxylic acids is 1. The smallest absolute Gasteiger partial charge is 0.317 e. The molecule has 1 aromatic carbocycles. The van der Waals surface area contributed by atoms with E-state index in [1.165, 1.54) is 12.1 Å². The van der Waals surface area contributed by atoms with Gasteiger partial charge in [0.2, 0.25) is 0 Å². The number of hydrogen-bond donors (Lipinski definition) is 1. The Kier molecular flexibility index (Phi) is 4.54. The van der Waals surface area contributed by atoms with Crippen LogP contribution in [-0.2, 0) is 11.3 Å². The Bertz CT molecular complexity index is 466. The van der Waals surface area contributed by atoms with Gasteiger partial charge in [-0.2, -0.15) is 0 Å². The third-order valence-electron chi connectivity index (χ3n) is 3.07. The molecule has 0 bridgehead atoms. The number of urea groups is 1. The first-order valence-electron chi connectivity index (χ1n) is 6.57. The lowest BCUT2D eigenvalue weighted by Crippen LogP contribution is -2.51. The highest BCUT2D eigenvalue weighted by Crippen LogP contribution is 2.11. The molecule has 2 amide bonds. The van der Waals surface area contributed by atoms with Crippen LogP contribution in [-0.4, -0.2) is 36.2 Å². The molecule has 0 radical (unpaired) electrons. The second-order valence-electron chi connectivity index (χ2n) is 5.10. The molecule has 4 nitrogen and oxygen atoms in total. The Labute approximate surface area is 116 Å². The molecule has 2 atom stereocenters. The van der Waals surface area contributed by atoms with Gasteiger partial charge in [0.15, 0.2) is 0 Å². The quantitative estimate of drug-likeness (QED) is 0.905. The molecule has 20 heavy (non-hydrogen) atoms. The molecule has 0 aliphatic carbocycles. The monoisotopic (exact) mass is 284 g/mol. The maximum Gasteiger partial charge on any atom is 0.317 e. The van der Waals surface area contributed by atoms with Crippen molar-refractivity contribution in [1.29, 1.82) is 0 Å². The maximum atomic E-state index is 13.0. The van der Waals surface area contributed by atoms with Gasteiger partial charge in [0, 0.05) is 25.7 Å². The first kappa shape index (κ1) is 14.7. The molecule has 1 fully saturated rings. The van der Waals surface area contributed by atoms with Gasteiger partial charge in [0.1, 0.15) is 11.6 Å². The lowest BCUT2D eigenvalue weighted by Gasteiger charge is -2.35. The summed E-state index contributed by atoms with van der Waals surface area (Å²) in [6, 6.07) is 2.95. The molecule has 0 spiro atoms. The van der Waals surface area contributed by atoms with Gasteiger partial charge in [-0.3, -0.25) is 0 Å². The van der Waals surface area contributed by atoms with E-state index in [2.05, 4.69) is 5.32 Å². The number of rotatable bonds is 2. The number of nitrogens with zero attached hydrogens (tertiary/aromatic N) is 1. The average molecular weight is 284 g/mol. The summed E-state index contributed by atoms with van der Waals surface area (Å²) < 4.78 is 31.6. The van der Waals surface area contributed by atoms with Crippen molar-refractivity contribution in [2.45, 2.75) is 32.6 Å². The van der Waals surface area contributed by atoms with Crippen LogP contribution < -0.4 is 5.32 Å². The summed E-state index contributed by atoms with van der Waals surface area (Å²) in [5, 5.41) is 2.66. The number of ether oxygens (including phenoxy) is 1. The van der Waals surface area contributed by atoms with E-state index in [0.717, 1.165) is 6.07 Å². The van der Waals surface area contributed by atoms with Crippen molar-refractivity contribution in [2.24, 2.45) is 0 Å². The number of carbonyl (C=O) groups is 1. The minimum Gasteiger partial charge on any atom is -0.372 e. The summed E-state index contributed by atoms with van der Waals surface area (Å²) in [6.45, 7) is 4.91. The second-order valence-corrected chi connectivity index (χ2v) is 5.10. The largest absolute Gasteiger partial charge is 0.372 e. The third kappa shape index (κ3) is 3.90. The predicted molar refractivity (Wildman–Crippen MR) is 70.2 cm³/mol. The fourth-order valence-electron chi connectivity index (χ4n) is 2.35. The van der Waals surface area contributed by atoms with Gasteiger partial charge >= 0.3 is 6.03 Å². The summed E-state index contributed by atoms with van der Waals surface area (Å²) >= 11 is 0. The van der Waals surface area contributed by atoms with Crippen LogP contribution in [0.3, 0.4) is 0 Å². The normalized spacial score (nSPS) is 22.7. The summed E-state index contributed by atoms with van der Waals surface area (Å²) in [6.07, 6.45) is -0.0350. The molecule has 1 aliphatic heterocycles. The molecular weight excluding hydrogens is 266 g/mol. The Morgan fingerprint density at radius 2 is 1.80 bits per heavy atom. The summed E-state index contributed by atoms with van der Waals surface area (Å²) in [4.78, 5) is 13.7. The summed E-state index contributed by atoms with van der Waals surface area (Å²) in [7, 11) is 0. The highest BCUT2D eigenvalue weighted by molar-refractivity contribution is 5.74. The van der Waals surface area contributed by atoms with Crippen molar-refractivity contribution >= 4 is 6.03 Å². The van der Waals surface area contributed by atoms with E-state index in [9.17, 15) is 13.6 Å². The van der Waals surface area contributed by atoms with Gasteiger partial charge in [-0.1, -0.05) is 0 Å². The zero-order valence-corrected chi connectivity index (χ0v) is 11.5. The SMILES string of the molecule is C[C@@H]1CN(C(=O)NCc2cc(F)cc(F)c2)C[C@@H](C)O1. The Balaban J connectivity index is 1.91. The molecule has 2 rings (SSSR count). The third-order valence-corrected chi connectivity index (χ3v) is 3.07. The van der Waals surface area contributed by atoms with Crippen LogP contribution in [0.4, 0.5) is 13.6 Å². The summed E-state index contributed by atoms with van der Waals surface area (Å²) in [5.41, 5.74) is 0.394. The van der Waals surface area contributed by atoms with Crippen molar-refractivity contribution in [3.63, 3.8) is 0 Å². The van der Waals surface area contributed by atoms with Crippen LogP contribution in [0.2, 0.25) is 0 Å². The number of benzene rings is 1. The Hall–Kier alpha value is -1.69. The van der Waals surface area contributed by atoms with Gasteiger partial charge < -0.3 is 15.0 Å². The van der Waals surface area contributed by atoms with Crippen molar-refractivity contribution in [2.75, 3.05) is 13.1 Å². The second kappa shape index (κ2) is 6.17. The molecule has 1 N–H and O–H groups in total. The van der Waals surface area contributed by atoms with Gasteiger partial charge in [-0.25, -0.2) is 13.6 Å². The van der Waals surface area contributed by atoms with Crippen LogP contribution in [0.15, 0.2) is 18.2 Å². The van der Waals surface area contributed by atoms with Crippen LogP contribution in [0, 0.1) is 11.6 Å². The van der Waals surface area contributed by atoms with Crippen LogP contribution >= 0.6 is 0 Å². The molecule has 1 aromatic rings. The van der Waals surface area contributed by atoms with E-state index in [1.807, 2.05) is 13.8 Å². The van der Waals surface area contributed by atoms with Crippen molar-refractivity contribution in [3.8, 4) is 0 Å². The van der Waals surface area contributed by atoms with Crippen LogP contribution in [0.1, 0.15) is 19.4 Å². The zero-order valence-electron chi connectivity index (χ0n) is 11.5. The Morgan fingerprint density at radius 3 is 2.35 bits per heavy atom. The van der Waals surface area contributed by atoms with E-state index >= 15 is 0 Å². The van der Waals surface area contributed by atoms with Crippen LogP contribution in [0.25, 0.3) is 0 Å². The number of amides is 2. The maximum absolute atomic E-state index is 13.0. The minimum absolute atomic E-state index is 0.0175. The van der Waals surface area contributed by atoms with E-state index < -0.39 is 11.6 Å². The molecule has 1 saturated heterocycles. The van der Waals surface area contributed by atoms with E-state index in [0.29, 0.717) is 18.7 Å². The number of morpholine rings is 1. The lowest BCUT2D eigenvalue weighted by molar-refractivity contribution is -0.0545. The lowest BCUT2D eigenvalue weighted by atomic mass is 10.2. The highest BCUT2D eigenvalue weighted by Gasteiger charge is 2.25. The van der Waals surface area contributed by atoms with Crippen molar-refractivity contribution in [1.82, 2.24) is 10.2 Å². The van der Waals surface area contributed by atoms with E-state index in [4.69, 9.17) is 4.74 Å². The Morgan fingerprint density at radius 1 is 1.25 bits per heavy atom. The molecule has 6 heteroatoms. The van der Waals surface area contributed by atoms with Crippen molar-refractivity contribution < 1.29 is 18.3 Å². The minimum atomic E-state index is -0.650. The predicted octanol–water partition coefficient (Wildman–Crippen LogP) is 2.28. The zero-order chi connectivity index (χ0) is 14.7. The van der Waals surface area contributed by atoms with E-state index in [-0.39, 0.29) is 24.8 Å². The fourth-order valence-corrected chi connectivity index (χ4v) is 2.35. The molecule has 110 valence electrons. The first-order valence-corrected chi connectivity index (χ1v) is 6.57. The number of nitrogens with one attached hydrogen (secondary N) is 1. The topological polar surface area (TPSA) is 41.6 Å². The number of halogens is 2. The van der Waals surface area contributed by atoms with Gasteiger partial charge in [-0.05, 0) is 31.5 Å². The molecule has 0 unspecified atom stereocenters. The number of hydrogen-bond acceptors (Lipinski definition) is 2. The van der Waals surface area contributed by atoms with Crippen molar-refractivity contribution in [3.05, 3.63) is 35.4 Å².